The average molecular weight is 298 g/mol. The third-order valence-corrected chi connectivity index (χ3v) is 4.51. The Morgan fingerprint density at radius 2 is 2.10 bits per heavy atom. The minimum Gasteiger partial charge on any atom is -0.369 e. The van der Waals surface area contributed by atoms with Crippen LogP contribution in [0.15, 0.2) is 35.8 Å². The number of benzene rings is 1. The third-order valence-electron chi connectivity index (χ3n) is 3.59. The zero-order valence-corrected chi connectivity index (χ0v) is 13.0. The lowest BCUT2D eigenvalue weighted by molar-refractivity contribution is 0.921. The lowest BCUT2D eigenvalue weighted by Gasteiger charge is -2.21. The van der Waals surface area contributed by atoms with E-state index in [1.165, 1.54) is 4.88 Å². The molecule has 2 heterocycles. The zero-order chi connectivity index (χ0) is 14.8. The van der Waals surface area contributed by atoms with Crippen LogP contribution < -0.4 is 10.6 Å². The molecule has 0 radical (unpaired) electrons. The number of hydrogen-bond donors (Lipinski definition) is 1. The van der Waals surface area contributed by atoms with E-state index in [4.69, 9.17) is 5.73 Å². The molecule has 2 aromatic heterocycles. The second kappa shape index (κ2) is 5.79. The van der Waals surface area contributed by atoms with E-state index in [1.54, 1.807) is 11.3 Å². The Hall–Kier alpha value is -1.98. The van der Waals surface area contributed by atoms with Crippen LogP contribution >= 0.6 is 11.3 Å². The van der Waals surface area contributed by atoms with Gasteiger partial charge in [0.2, 0.25) is 0 Å². The highest BCUT2D eigenvalue weighted by atomic mass is 32.1. The maximum atomic E-state index is 5.78. The quantitative estimate of drug-likeness (QED) is 0.804. The Labute approximate surface area is 128 Å². The highest BCUT2D eigenvalue weighted by molar-refractivity contribution is 7.09. The van der Waals surface area contributed by atoms with Crippen molar-refractivity contribution in [3.05, 3.63) is 52.1 Å². The van der Waals surface area contributed by atoms with Gasteiger partial charge in [-0.05, 0) is 19.1 Å². The monoisotopic (exact) mass is 298 g/mol. The Morgan fingerprint density at radius 1 is 1.29 bits per heavy atom. The van der Waals surface area contributed by atoms with Crippen molar-refractivity contribution in [2.24, 2.45) is 5.73 Å². The van der Waals surface area contributed by atoms with E-state index in [9.17, 15) is 0 Å². The van der Waals surface area contributed by atoms with Crippen molar-refractivity contribution in [3.8, 4) is 0 Å². The van der Waals surface area contributed by atoms with Crippen LogP contribution in [0.3, 0.4) is 0 Å². The molecule has 0 aliphatic heterocycles. The number of anilines is 1. The van der Waals surface area contributed by atoms with Gasteiger partial charge >= 0.3 is 0 Å². The topological polar surface area (TPSA) is 55.0 Å². The smallest absolute Gasteiger partial charge is 0.0798 e. The number of rotatable bonds is 4. The summed E-state index contributed by atoms with van der Waals surface area (Å²) < 4.78 is 0. The van der Waals surface area contributed by atoms with Crippen LogP contribution in [-0.4, -0.2) is 17.0 Å². The van der Waals surface area contributed by atoms with Crippen LogP contribution in [0.5, 0.6) is 0 Å². The Bertz CT molecular complexity index is 766. The van der Waals surface area contributed by atoms with Gasteiger partial charge in [0.05, 0.1) is 29.0 Å². The number of nitrogens with zero attached hydrogens (tertiary/aromatic N) is 3. The Balaban J connectivity index is 2.04. The molecular formula is C16H18N4S. The first-order chi connectivity index (χ1) is 10.2. The van der Waals surface area contributed by atoms with E-state index in [0.717, 1.165) is 34.5 Å². The van der Waals surface area contributed by atoms with Gasteiger partial charge in [-0.25, -0.2) is 4.98 Å². The van der Waals surface area contributed by atoms with Gasteiger partial charge < -0.3 is 10.6 Å². The van der Waals surface area contributed by atoms with Crippen LogP contribution in [0.4, 0.5) is 5.69 Å². The first-order valence-corrected chi connectivity index (χ1v) is 7.76. The number of pyridine rings is 1. The van der Waals surface area contributed by atoms with Crippen LogP contribution in [-0.2, 0) is 13.1 Å². The summed E-state index contributed by atoms with van der Waals surface area (Å²) in [6.07, 6.45) is 0. The van der Waals surface area contributed by atoms with E-state index >= 15 is 0 Å². The van der Waals surface area contributed by atoms with Crippen LogP contribution in [0.1, 0.15) is 16.3 Å². The van der Waals surface area contributed by atoms with Gasteiger partial charge in [-0.2, -0.15) is 0 Å². The number of fused-ring (bicyclic) bond motifs is 1. The van der Waals surface area contributed by atoms with Crippen molar-refractivity contribution < 1.29 is 0 Å². The molecule has 0 amide bonds. The van der Waals surface area contributed by atoms with Gasteiger partial charge in [-0.15, -0.1) is 11.3 Å². The highest BCUT2D eigenvalue weighted by Crippen LogP contribution is 2.28. The fourth-order valence-electron chi connectivity index (χ4n) is 2.41. The van der Waals surface area contributed by atoms with Gasteiger partial charge in [0.1, 0.15) is 0 Å². The first kappa shape index (κ1) is 14.0. The summed E-state index contributed by atoms with van der Waals surface area (Å²) in [7, 11) is 2.10. The third kappa shape index (κ3) is 2.75. The van der Waals surface area contributed by atoms with E-state index in [1.807, 2.05) is 23.7 Å². The summed E-state index contributed by atoms with van der Waals surface area (Å²) >= 11 is 1.69. The summed E-state index contributed by atoms with van der Waals surface area (Å²) in [5.74, 6) is 0. The molecule has 2 N–H and O–H groups in total. The van der Waals surface area contributed by atoms with Crippen molar-refractivity contribution in [3.63, 3.8) is 0 Å². The largest absolute Gasteiger partial charge is 0.369 e. The van der Waals surface area contributed by atoms with Gasteiger partial charge in [0.25, 0.3) is 0 Å². The van der Waals surface area contributed by atoms with E-state index in [0.29, 0.717) is 6.54 Å². The Morgan fingerprint density at radius 3 is 2.81 bits per heavy atom. The average Bonchev–Trinajstić information content (AvgIpc) is 2.91. The minimum atomic E-state index is 0.450. The Kier molecular flexibility index (Phi) is 3.86. The first-order valence-electron chi connectivity index (χ1n) is 6.88. The van der Waals surface area contributed by atoms with Gasteiger partial charge in [0, 0.05) is 29.5 Å². The summed E-state index contributed by atoms with van der Waals surface area (Å²) in [6.45, 7) is 3.34. The molecule has 108 valence electrons. The predicted octanol–water partition coefficient (Wildman–Crippen LogP) is 3.09. The molecule has 0 saturated heterocycles. The molecule has 0 bridgehead atoms. The fourth-order valence-corrected chi connectivity index (χ4v) is 3.24. The summed E-state index contributed by atoms with van der Waals surface area (Å²) in [5, 5.41) is 1.15. The number of para-hydroxylation sites is 1. The predicted molar refractivity (Wildman–Crippen MR) is 88.6 cm³/mol. The number of nitrogens with two attached hydrogens (primary N) is 1. The molecule has 0 atom stereocenters. The molecule has 3 rings (SSSR count). The molecular weight excluding hydrogens is 280 g/mol. The summed E-state index contributed by atoms with van der Waals surface area (Å²) in [4.78, 5) is 12.4. The SMILES string of the molecule is Cc1ncsc1CN(C)c1cc(CN)nc2ccccc12. The lowest BCUT2D eigenvalue weighted by atomic mass is 10.1. The van der Waals surface area contributed by atoms with Gasteiger partial charge in [-0.1, -0.05) is 18.2 Å². The molecule has 21 heavy (non-hydrogen) atoms. The number of aromatic nitrogens is 2. The minimum absolute atomic E-state index is 0.450. The molecule has 0 spiro atoms. The maximum Gasteiger partial charge on any atom is 0.0798 e. The normalized spacial score (nSPS) is 11.0. The molecule has 0 aliphatic rings. The number of hydrogen-bond acceptors (Lipinski definition) is 5. The molecule has 0 unspecified atom stereocenters. The zero-order valence-electron chi connectivity index (χ0n) is 12.2. The lowest BCUT2D eigenvalue weighted by Crippen LogP contribution is -2.17. The molecule has 0 fully saturated rings. The molecule has 3 aromatic rings. The van der Waals surface area contributed by atoms with Crippen molar-refractivity contribution in [1.82, 2.24) is 9.97 Å². The van der Waals surface area contributed by atoms with Crippen molar-refractivity contribution in [1.29, 1.82) is 0 Å². The van der Waals surface area contributed by atoms with Crippen molar-refractivity contribution >= 4 is 27.9 Å². The van der Waals surface area contributed by atoms with Crippen molar-refractivity contribution in [2.75, 3.05) is 11.9 Å². The molecule has 5 heteroatoms. The standard InChI is InChI=1S/C16H18N4S/c1-11-16(21-10-18-11)9-20(2)15-7-12(8-17)19-14-6-4-3-5-13(14)15/h3-7,10H,8-9,17H2,1-2H3. The summed E-state index contributed by atoms with van der Waals surface area (Å²) in [5.41, 5.74) is 11.8. The van der Waals surface area contributed by atoms with Crippen molar-refractivity contribution in [2.45, 2.75) is 20.0 Å². The van der Waals surface area contributed by atoms with Gasteiger partial charge in [-0.3, -0.25) is 4.98 Å². The fraction of sp³-hybridized carbons (Fsp3) is 0.250. The highest BCUT2D eigenvalue weighted by Gasteiger charge is 2.11. The number of aryl methyl sites for hydroxylation is 1. The van der Waals surface area contributed by atoms with Crippen LogP contribution in [0, 0.1) is 6.92 Å². The van der Waals surface area contributed by atoms with Gasteiger partial charge in [0.15, 0.2) is 0 Å². The van der Waals surface area contributed by atoms with Crippen LogP contribution in [0.25, 0.3) is 10.9 Å². The molecule has 0 aliphatic carbocycles. The van der Waals surface area contributed by atoms with E-state index < -0.39 is 0 Å². The molecule has 4 nitrogen and oxygen atoms in total. The second-order valence-electron chi connectivity index (χ2n) is 5.07. The second-order valence-corrected chi connectivity index (χ2v) is 6.01. The van der Waals surface area contributed by atoms with Crippen LogP contribution in [0.2, 0.25) is 0 Å². The molecule has 1 aromatic carbocycles. The van der Waals surface area contributed by atoms with E-state index in [2.05, 4.69) is 41.0 Å². The molecule has 0 saturated carbocycles. The van der Waals surface area contributed by atoms with E-state index in [-0.39, 0.29) is 0 Å². The maximum absolute atomic E-state index is 5.78. The summed E-state index contributed by atoms with van der Waals surface area (Å²) in [6, 6.07) is 10.3. The number of thiazole rings is 1.